The zero-order chi connectivity index (χ0) is 15.1. The van der Waals surface area contributed by atoms with Crippen molar-refractivity contribution >= 4 is 11.3 Å². The Morgan fingerprint density at radius 1 is 1.09 bits per heavy atom. The molecule has 0 saturated carbocycles. The Hall–Kier alpha value is -2.76. The molecule has 0 aliphatic carbocycles. The third-order valence-electron chi connectivity index (χ3n) is 3.79. The molecule has 4 aromatic rings. The van der Waals surface area contributed by atoms with Crippen LogP contribution in [0.5, 0.6) is 0 Å². The van der Waals surface area contributed by atoms with Gasteiger partial charge in [0.2, 0.25) is 0 Å². The lowest BCUT2D eigenvalue weighted by atomic mass is 10.0. The molecule has 0 N–H and O–H groups in total. The van der Waals surface area contributed by atoms with Crippen molar-refractivity contribution in [1.29, 1.82) is 0 Å². The maximum absolute atomic E-state index is 4.65. The van der Waals surface area contributed by atoms with Crippen molar-refractivity contribution in [2.75, 3.05) is 0 Å². The average molecular weight is 292 g/mol. The van der Waals surface area contributed by atoms with Crippen LogP contribution in [0.25, 0.3) is 11.3 Å². The largest absolute Gasteiger partial charge is 0.232 e. The Morgan fingerprint density at radius 3 is 2.86 bits per heavy atom. The van der Waals surface area contributed by atoms with Crippen LogP contribution in [0.4, 0.5) is 0 Å². The molecule has 6 heteroatoms. The molecule has 4 aromatic heterocycles. The van der Waals surface area contributed by atoms with E-state index in [1.54, 1.807) is 4.52 Å². The van der Waals surface area contributed by atoms with Crippen molar-refractivity contribution in [3.63, 3.8) is 0 Å². The summed E-state index contributed by atoms with van der Waals surface area (Å²) < 4.78 is 3.59. The molecule has 1 atom stereocenters. The van der Waals surface area contributed by atoms with Crippen LogP contribution in [0, 0.1) is 6.92 Å². The van der Waals surface area contributed by atoms with Gasteiger partial charge in [0.25, 0.3) is 0 Å². The van der Waals surface area contributed by atoms with Gasteiger partial charge in [0.05, 0.1) is 30.0 Å². The van der Waals surface area contributed by atoms with Crippen LogP contribution in [0.15, 0.2) is 43.0 Å². The Balaban J connectivity index is 1.62. The van der Waals surface area contributed by atoms with Crippen LogP contribution >= 0.6 is 0 Å². The van der Waals surface area contributed by atoms with Crippen LogP contribution in [0.2, 0.25) is 0 Å². The molecular weight excluding hydrogens is 276 g/mol. The van der Waals surface area contributed by atoms with Gasteiger partial charge in [-0.3, -0.25) is 0 Å². The number of aromatic nitrogens is 6. The van der Waals surface area contributed by atoms with E-state index in [9.17, 15) is 0 Å². The van der Waals surface area contributed by atoms with Gasteiger partial charge in [-0.2, -0.15) is 10.2 Å². The molecule has 0 saturated heterocycles. The van der Waals surface area contributed by atoms with E-state index >= 15 is 0 Å². The van der Waals surface area contributed by atoms with E-state index in [4.69, 9.17) is 0 Å². The maximum atomic E-state index is 4.65. The van der Waals surface area contributed by atoms with E-state index in [1.165, 1.54) is 0 Å². The van der Waals surface area contributed by atoms with E-state index in [1.807, 2.05) is 54.4 Å². The van der Waals surface area contributed by atoms with Gasteiger partial charge in [0.1, 0.15) is 0 Å². The first-order chi connectivity index (χ1) is 10.7. The van der Waals surface area contributed by atoms with Crippen molar-refractivity contribution in [2.24, 2.45) is 0 Å². The molecule has 0 spiro atoms. The summed E-state index contributed by atoms with van der Waals surface area (Å²) in [6, 6.07) is 5.94. The molecule has 0 bridgehead atoms. The summed E-state index contributed by atoms with van der Waals surface area (Å²) in [5, 5.41) is 8.71. The molecule has 110 valence electrons. The summed E-state index contributed by atoms with van der Waals surface area (Å²) in [6.45, 7) is 4.17. The van der Waals surface area contributed by atoms with Crippen molar-refractivity contribution in [2.45, 2.75) is 26.2 Å². The molecule has 1 unspecified atom stereocenters. The highest BCUT2D eigenvalue weighted by molar-refractivity contribution is 5.41. The number of rotatable bonds is 3. The molecule has 4 rings (SSSR count). The Bertz CT molecular complexity index is 952. The standard InChI is InChI=1S/C16H16N6/c1-11-6-16-19-13(10-22(16)17-8-11)7-12(2)14-9-18-21-5-3-4-15(21)20-14/h3-6,8-10,12H,7H2,1-2H3. The van der Waals surface area contributed by atoms with Crippen LogP contribution in [0.3, 0.4) is 0 Å². The average Bonchev–Trinajstić information content (AvgIpc) is 3.11. The third-order valence-corrected chi connectivity index (χ3v) is 3.79. The summed E-state index contributed by atoms with van der Waals surface area (Å²) in [4.78, 5) is 9.29. The number of hydrogen-bond donors (Lipinski definition) is 0. The zero-order valence-corrected chi connectivity index (χ0v) is 12.5. The highest BCUT2D eigenvalue weighted by Gasteiger charge is 2.12. The second kappa shape index (κ2) is 4.91. The Morgan fingerprint density at radius 2 is 1.95 bits per heavy atom. The molecule has 6 nitrogen and oxygen atoms in total. The summed E-state index contributed by atoms with van der Waals surface area (Å²) >= 11 is 0. The number of hydrogen-bond acceptors (Lipinski definition) is 4. The van der Waals surface area contributed by atoms with E-state index in [0.717, 1.165) is 34.7 Å². The van der Waals surface area contributed by atoms with Crippen LogP contribution in [-0.2, 0) is 6.42 Å². The summed E-state index contributed by atoms with van der Waals surface area (Å²) in [7, 11) is 0. The number of fused-ring (bicyclic) bond motifs is 2. The van der Waals surface area contributed by atoms with Gasteiger partial charge in [-0.15, -0.1) is 0 Å². The Kier molecular flexibility index (Phi) is 2.89. The van der Waals surface area contributed by atoms with E-state index in [0.29, 0.717) is 0 Å². The zero-order valence-electron chi connectivity index (χ0n) is 12.5. The van der Waals surface area contributed by atoms with E-state index < -0.39 is 0 Å². The second-order valence-corrected chi connectivity index (χ2v) is 5.67. The van der Waals surface area contributed by atoms with Crippen LogP contribution < -0.4 is 0 Å². The summed E-state index contributed by atoms with van der Waals surface area (Å²) in [5.74, 6) is 0.249. The fourth-order valence-corrected chi connectivity index (χ4v) is 2.61. The van der Waals surface area contributed by atoms with E-state index in [-0.39, 0.29) is 5.92 Å². The van der Waals surface area contributed by atoms with Gasteiger partial charge >= 0.3 is 0 Å². The van der Waals surface area contributed by atoms with Gasteiger partial charge in [0.15, 0.2) is 11.3 Å². The van der Waals surface area contributed by atoms with Gasteiger partial charge < -0.3 is 0 Å². The first-order valence-corrected chi connectivity index (χ1v) is 7.30. The molecule has 22 heavy (non-hydrogen) atoms. The van der Waals surface area contributed by atoms with Gasteiger partial charge in [0, 0.05) is 12.1 Å². The number of aryl methyl sites for hydroxylation is 1. The molecule has 0 aliphatic rings. The fraction of sp³-hybridized carbons (Fsp3) is 0.250. The Labute approximate surface area is 127 Å². The van der Waals surface area contributed by atoms with Crippen molar-refractivity contribution in [3.05, 3.63) is 59.9 Å². The molecular formula is C16H16N6. The van der Waals surface area contributed by atoms with Gasteiger partial charge in [-0.25, -0.2) is 19.0 Å². The fourth-order valence-electron chi connectivity index (χ4n) is 2.61. The lowest BCUT2D eigenvalue weighted by Crippen LogP contribution is -2.04. The molecule has 0 aromatic carbocycles. The minimum atomic E-state index is 0.249. The first-order valence-electron chi connectivity index (χ1n) is 7.30. The second-order valence-electron chi connectivity index (χ2n) is 5.67. The summed E-state index contributed by atoms with van der Waals surface area (Å²) in [6.07, 6.45) is 8.36. The number of nitrogens with zero attached hydrogens (tertiary/aromatic N) is 6. The molecule has 0 fully saturated rings. The first kappa shape index (κ1) is 12.9. The quantitative estimate of drug-likeness (QED) is 0.582. The van der Waals surface area contributed by atoms with Crippen molar-refractivity contribution in [3.8, 4) is 0 Å². The smallest absolute Gasteiger partial charge is 0.154 e. The lowest BCUT2D eigenvalue weighted by Gasteiger charge is -2.08. The van der Waals surface area contributed by atoms with Gasteiger partial charge in [-0.1, -0.05) is 6.92 Å². The topological polar surface area (TPSA) is 60.4 Å². The predicted molar refractivity (Wildman–Crippen MR) is 82.8 cm³/mol. The SMILES string of the molecule is Cc1cnn2cc(CC(C)c3cnn4cccc4n3)nc2c1. The van der Waals surface area contributed by atoms with E-state index in [2.05, 4.69) is 27.1 Å². The molecule has 0 amide bonds. The van der Waals surface area contributed by atoms with Crippen molar-refractivity contribution < 1.29 is 0 Å². The monoisotopic (exact) mass is 292 g/mol. The van der Waals surface area contributed by atoms with Gasteiger partial charge in [-0.05, 0) is 37.1 Å². The van der Waals surface area contributed by atoms with Crippen LogP contribution in [0.1, 0.15) is 29.8 Å². The molecule has 4 heterocycles. The minimum absolute atomic E-state index is 0.249. The minimum Gasteiger partial charge on any atom is -0.232 e. The highest BCUT2D eigenvalue weighted by atomic mass is 15.2. The predicted octanol–water partition coefficient (Wildman–Crippen LogP) is 2.43. The third kappa shape index (κ3) is 2.22. The summed E-state index contributed by atoms with van der Waals surface area (Å²) in [5.41, 5.74) is 4.87. The lowest BCUT2D eigenvalue weighted by molar-refractivity contribution is 0.703. The number of imidazole rings is 1. The highest BCUT2D eigenvalue weighted by Crippen LogP contribution is 2.18. The normalized spacial score (nSPS) is 13.0. The van der Waals surface area contributed by atoms with Crippen LogP contribution in [-0.4, -0.2) is 29.2 Å². The molecule has 0 radical (unpaired) electrons. The van der Waals surface area contributed by atoms with Crippen molar-refractivity contribution in [1.82, 2.24) is 29.2 Å². The maximum Gasteiger partial charge on any atom is 0.154 e. The molecule has 0 aliphatic heterocycles.